The lowest BCUT2D eigenvalue weighted by Crippen LogP contribution is -1.95. The second-order valence-electron chi connectivity index (χ2n) is 5.70. The standard InChI is InChI=1S/C17H14F2N4S/c1-24-17-13(19)7-20-16(23-17)10-4-5-11(12(18)6-10)14-8-21-15(22-14)9-2-3-9/h4-9H,2-3H2,1H3,(H,21,22). The van der Waals surface area contributed by atoms with Crippen molar-refractivity contribution >= 4 is 11.8 Å². The highest BCUT2D eigenvalue weighted by Gasteiger charge is 2.26. The second-order valence-corrected chi connectivity index (χ2v) is 6.50. The molecule has 1 aromatic carbocycles. The Labute approximate surface area is 141 Å². The number of imidazole rings is 1. The molecular formula is C17H14F2N4S. The molecule has 3 aromatic rings. The van der Waals surface area contributed by atoms with Gasteiger partial charge in [-0.25, -0.2) is 23.7 Å². The number of nitrogens with one attached hydrogen (secondary N) is 1. The fourth-order valence-corrected chi connectivity index (χ4v) is 2.97. The summed E-state index contributed by atoms with van der Waals surface area (Å²) in [5.74, 6) is 0.832. The van der Waals surface area contributed by atoms with Crippen LogP contribution in [0.1, 0.15) is 24.6 Å². The summed E-state index contributed by atoms with van der Waals surface area (Å²) in [6.07, 6.45) is 6.76. The summed E-state index contributed by atoms with van der Waals surface area (Å²) in [5, 5.41) is 0.243. The first-order chi connectivity index (χ1) is 11.7. The van der Waals surface area contributed by atoms with Crippen molar-refractivity contribution in [1.29, 1.82) is 0 Å². The molecule has 0 atom stereocenters. The molecule has 2 aromatic heterocycles. The summed E-state index contributed by atoms with van der Waals surface area (Å²) < 4.78 is 28.0. The molecule has 2 heterocycles. The van der Waals surface area contributed by atoms with Gasteiger partial charge in [0, 0.05) is 17.0 Å². The molecule has 1 aliphatic rings. The molecule has 1 fully saturated rings. The van der Waals surface area contributed by atoms with E-state index in [1.54, 1.807) is 24.6 Å². The topological polar surface area (TPSA) is 54.5 Å². The molecule has 0 aliphatic heterocycles. The van der Waals surface area contributed by atoms with Gasteiger partial charge in [-0.15, -0.1) is 11.8 Å². The Kier molecular flexibility index (Phi) is 3.80. The number of H-pyrrole nitrogens is 1. The summed E-state index contributed by atoms with van der Waals surface area (Å²) >= 11 is 1.19. The summed E-state index contributed by atoms with van der Waals surface area (Å²) in [6.45, 7) is 0. The normalized spacial score (nSPS) is 14.1. The zero-order chi connectivity index (χ0) is 16.7. The fraction of sp³-hybridized carbons (Fsp3) is 0.235. The third kappa shape index (κ3) is 2.80. The summed E-state index contributed by atoms with van der Waals surface area (Å²) in [5.41, 5.74) is 1.62. The van der Waals surface area contributed by atoms with Gasteiger partial charge in [-0.2, -0.15) is 0 Å². The molecule has 0 saturated heterocycles. The maximum atomic E-state index is 14.5. The molecule has 1 N–H and O–H groups in total. The van der Waals surface area contributed by atoms with Crippen molar-refractivity contribution in [1.82, 2.24) is 19.9 Å². The molecule has 0 amide bonds. The number of aromatic nitrogens is 4. The van der Waals surface area contributed by atoms with Gasteiger partial charge in [0.1, 0.15) is 16.7 Å². The molecular weight excluding hydrogens is 330 g/mol. The number of benzene rings is 1. The Morgan fingerprint density at radius 2 is 1.96 bits per heavy atom. The van der Waals surface area contributed by atoms with Gasteiger partial charge in [-0.3, -0.25) is 0 Å². The molecule has 0 spiro atoms. The molecule has 1 saturated carbocycles. The van der Waals surface area contributed by atoms with E-state index in [0.717, 1.165) is 24.9 Å². The first-order valence-corrected chi connectivity index (χ1v) is 8.80. The van der Waals surface area contributed by atoms with Gasteiger partial charge in [0.15, 0.2) is 11.6 Å². The van der Waals surface area contributed by atoms with Crippen LogP contribution in [0.4, 0.5) is 8.78 Å². The van der Waals surface area contributed by atoms with E-state index in [4.69, 9.17) is 0 Å². The fourth-order valence-electron chi connectivity index (χ4n) is 2.54. The van der Waals surface area contributed by atoms with Crippen LogP contribution in [0.2, 0.25) is 0 Å². The summed E-state index contributed by atoms with van der Waals surface area (Å²) in [6, 6.07) is 4.76. The monoisotopic (exact) mass is 344 g/mol. The van der Waals surface area contributed by atoms with E-state index in [2.05, 4.69) is 19.9 Å². The van der Waals surface area contributed by atoms with E-state index in [1.807, 2.05) is 0 Å². The second kappa shape index (κ2) is 5.98. The quantitative estimate of drug-likeness (QED) is 0.563. The maximum Gasteiger partial charge on any atom is 0.173 e. The van der Waals surface area contributed by atoms with Gasteiger partial charge in [-0.1, -0.05) is 6.07 Å². The van der Waals surface area contributed by atoms with E-state index in [9.17, 15) is 8.78 Å². The van der Waals surface area contributed by atoms with Crippen molar-refractivity contribution in [3.8, 4) is 22.6 Å². The van der Waals surface area contributed by atoms with Crippen LogP contribution >= 0.6 is 11.8 Å². The average Bonchev–Trinajstić information content (AvgIpc) is 3.33. The number of rotatable bonds is 4. The molecule has 0 radical (unpaired) electrons. The molecule has 4 nitrogen and oxygen atoms in total. The highest BCUT2D eigenvalue weighted by atomic mass is 32.2. The van der Waals surface area contributed by atoms with E-state index < -0.39 is 11.6 Å². The average molecular weight is 344 g/mol. The number of nitrogens with zero attached hydrogens (tertiary/aromatic N) is 3. The Hall–Kier alpha value is -2.28. The minimum atomic E-state index is -0.478. The minimum Gasteiger partial charge on any atom is -0.342 e. The van der Waals surface area contributed by atoms with Crippen molar-refractivity contribution in [3.05, 3.63) is 48.1 Å². The van der Waals surface area contributed by atoms with Crippen LogP contribution in [0.5, 0.6) is 0 Å². The van der Waals surface area contributed by atoms with Gasteiger partial charge in [0.2, 0.25) is 0 Å². The molecule has 0 unspecified atom stereocenters. The molecule has 0 bridgehead atoms. The van der Waals surface area contributed by atoms with Crippen LogP contribution in [0, 0.1) is 11.6 Å². The number of aromatic amines is 1. The number of hydrogen-bond donors (Lipinski definition) is 1. The Bertz CT molecular complexity index is 905. The van der Waals surface area contributed by atoms with E-state index >= 15 is 0 Å². The zero-order valence-corrected chi connectivity index (χ0v) is 13.7. The van der Waals surface area contributed by atoms with Crippen LogP contribution in [-0.2, 0) is 0 Å². The van der Waals surface area contributed by atoms with Gasteiger partial charge in [-0.05, 0) is 31.2 Å². The van der Waals surface area contributed by atoms with Crippen molar-refractivity contribution < 1.29 is 8.78 Å². The SMILES string of the molecule is CSc1nc(-c2ccc(-c3cnc(C4CC4)[nH]3)c(F)c2)ncc1F. The van der Waals surface area contributed by atoms with Gasteiger partial charge in [0.25, 0.3) is 0 Å². The number of hydrogen-bond acceptors (Lipinski definition) is 4. The lowest BCUT2D eigenvalue weighted by atomic mass is 10.1. The largest absolute Gasteiger partial charge is 0.342 e. The Morgan fingerprint density at radius 3 is 2.67 bits per heavy atom. The summed E-state index contributed by atoms with van der Waals surface area (Å²) in [7, 11) is 0. The van der Waals surface area contributed by atoms with E-state index in [-0.39, 0.29) is 5.03 Å². The molecule has 7 heteroatoms. The minimum absolute atomic E-state index is 0.243. The van der Waals surface area contributed by atoms with Crippen molar-refractivity contribution in [2.75, 3.05) is 6.26 Å². The maximum absolute atomic E-state index is 14.5. The van der Waals surface area contributed by atoms with Crippen LogP contribution in [0.15, 0.2) is 35.6 Å². The first-order valence-electron chi connectivity index (χ1n) is 7.57. The summed E-state index contributed by atoms with van der Waals surface area (Å²) in [4.78, 5) is 15.6. The van der Waals surface area contributed by atoms with Gasteiger partial charge in [0.05, 0.1) is 18.1 Å². The lowest BCUT2D eigenvalue weighted by molar-refractivity contribution is 0.580. The predicted octanol–water partition coefficient (Wildman–Crippen LogP) is 4.41. The van der Waals surface area contributed by atoms with Crippen LogP contribution in [0.3, 0.4) is 0 Å². The predicted molar refractivity (Wildman–Crippen MR) is 88.7 cm³/mol. The van der Waals surface area contributed by atoms with Gasteiger partial charge < -0.3 is 4.98 Å². The third-order valence-corrected chi connectivity index (χ3v) is 4.66. The van der Waals surface area contributed by atoms with E-state index in [1.165, 1.54) is 17.8 Å². The van der Waals surface area contributed by atoms with Crippen LogP contribution < -0.4 is 0 Å². The molecule has 24 heavy (non-hydrogen) atoms. The first kappa shape index (κ1) is 15.3. The van der Waals surface area contributed by atoms with Crippen molar-refractivity contribution in [2.24, 2.45) is 0 Å². The lowest BCUT2D eigenvalue weighted by Gasteiger charge is -2.06. The molecule has 4 rings (SSSR count). The highest BCUT2D eigenvalue weighted by molar-refractivity contribution is 7.98. The van der Waals surface area contributed by atoms with Crippen molar-refractivity contribution in [3.63, 3.8) is 0 Å². The third-order valence-electron chi connectivity index (χ3n) is 3.98. The number of halogens is 2. The molecule has 122 valence electrons. The molecule has 1 aliphatic carbocycles. The van der Waals surface area contributed by atoms with Crippen LogP contribution in [-0.4, -0.2) is 26.2 Å². The van der Waals surface area contributed by atoms with Crippen molar-refractivity contribution in [2.45, 2.75) is 23.8 Å². The van der Waals surface area contributed by atoms with Crippen LogP contribution in [0.25, 0.3) is 22.6 Å². The van der Waals surface area contributed by atoms with Gasteiger partial charge >= 0.3 is 0 Å². The zero-order valence-electron chi connectivity index (χ0n) is 12.9. The van der Waals surface area contributed by atoms with E-state index in [0.29, 0.717) is 28.6 Å². The highest BCUT2D eigenvalue weighted by Crippen LogP contribution is 2.39. The Balaban J connectivity index is 1.68. The smallest absolute Gasteiger partial charge is 0.173 e. The Morgan fingerprint density at radius 1 is 1.12 bits per heavy atom. The number of thioether (sulfide) groups is 1.